The van der Waals surface area contributed by atoms with E-state index in [-0.39, 0.29) is 5.78 Å². The molecule has 0 heterocycles. The lowest BCUT2D eigenvalue weighted by Gasteiger charge is -2.15. The molecule has 4 nitrogen and oxygen atoms in total. The number of Topliss-reactive ketones (excluding diaryl/α,β-unsaturated/α-hetero) is 1. The van der Waals surface area contributed by atoms with E-state index >= 15 is 0 Å². The third-order valence-corrected chi connectivity index (χ3v) is 3.89. The van der Waals surface area contributed by atoms with E-state index < -0.39 is 0 Å². The van der Waals surface area contributed by atoms with Crippen molar-refractivity contribution < 1.29 is 9.53 Å². The van der Waals surface area contributed by atoms with Crippen molar-refractivity contribution in [2.45, 2.75) is 6.92 Å². The predicted octanol–water partition coefficient (Wildman–Crippen LogP) is 3.81. The van der Waals surface area contributed by atoms with Crippen LogP contribution in [0.3, 0.4) is 0 Å². The fourth-order valence-electron chi connectivity index (χ4n) is 2.17. The highest BCUT2D eigenvalue weighted by Gasteiger charge is 2.19. The number of carbonyl (C=O) groups excluding carboxylic acids is 1. The summed E-state index contributed by atoms with van der Waals surface area (Å²) in [6.45, 7) is 1.83. The fraction of sp³-hybridized carbons (Fsp3) is 0.158. The van der Waals surface area contributed by atoms with Crippen LogP contribution in [0, 0.1) is 0 Å². The Morgan fingerprint density at radius 2 is 1.67 bits per heavy atom. The number of anilines is 1. The summed E-state index contributed by atoms with van der Waals surface area (Å²) in [5, 5.41) is 6.13. The van der Waals surface area contributed by atoms with Crippen LogP contribution in [0.15, 0.2) is 65.9 Å². The summed E-state index contributed by atoms with van der Waals surface area (Å²) in [4.78, 5) is 13.2. The van der Waals surface area contributed by atoms with Crippen LogP contribution in [-0.2, 0) is 0 Å². The molecule has 0 aliphatic rings. The summed E-state index contributed by atoms with van der Waals surface area (Å²) < 4.78 is 5.14. The van der Waals surface area contributed by atoms with Crippen LogP contribution >= 0.6 is 12.2 Å². The van der Waals surface area contributed by atoms with Gasteiger partial charge in [0.15, 0.2) is 5.78 Å². The summed E-state index contributed by atoms with van der Waals surface area (Å²) in [6, 6.07) is 16.5. The molecule has 0 atom stereocenters. The first kappa shape index (κ1) is 17.7. The van der Waals surface area contributed by atoms with Crippen molar-refractivity contribution in [1.29, 1.82) is 0 Å². The van der Waals surface area contributed by atoms with Gasteiger partial charge in [0.25, 0.3) is 0 Å². The third-order valence-electron chi connectivity index (χ3n) is 3.59. The molecule has 0 aliphatic carbocycles. The van der Waals surface area contributed by atoms with Crippen LogP contribution in [0.1, 0.15) is 17.3 Å². The second-order valence-electron chi connectivity index (χ2n) is 5.13. The van der Waals surface area contributed by atoms with Crippen LogP contribution in [-0.4, -0.2) is 24.9 Å². The molecule has 2 aromatic rings. The predicted molar refractivity (Wildman–Crippen MR) is 102 cm³/mol. The van der Waals surface area contributed by atoms with E-state index in [0.717, 1.165) is 17.1 Å². The molecule has 5 heteroatoms. The van der Waals surface area contributed by atoms with E-state index in [9.17, 15) is 4.79 Å². The summed E-state index contributed by atoms with van der Waals surface area (Å²) in [5.41, 5.74) is 2.56. The Morgan fingerprint density at radius 1 is 1.04 bits per heavy atom. The lowest BCUT2D eigenvalue weighted by atomic mass is 10.0. The molecule has 0 radical (unpaired) electrons. The molecule has 2 N–H and O–H groups in total. The molecule has 0 saturated carbocycles. The highest BCUT2D eigenvalue weighted by Crippen LogP contribution is 2.19. The van der Waals surface area contributed by atoms with Crippen molar-refractivity contribution in [2.75, 3.05) is 19.5 Å². The molecule has 0 amide bonds. The molecule has 24 heavy (non-hydrogen) atoms. The normalized spacial score (nSPS) is 11.3. The second-order valence-corrected chi connectivity index (χ2v) is 5.54. The zero-order valence-corrected chi connectivity index (χ0v) is 14.7. The Kier molecular flexibility index (Phi) is 6.09. The fourth-order valence-corrected chi connectivity index (χ4v) is 2.53. The molecule has 2 rings (SSSR count). The van der Waals surface area contributed by atoms with E-state index in [2.05, 4.69) is 10.6 Å². The number of nitrogens with one attached hydrogen (secondary N) is 2. The average Bonchev–Trinajstić information content (AvgIpc) is 2.63. The summed E-state index contributed by atoms with van der Waals surface area (Å²) in [5.74, 6) is 0.641. The Hall–Kier alpha value is -2.66. The summed E-state index contributed by atoms with van der Waals surface area (Å²) >= 11 is 5.48. The van der Waals surface area contributed by atoms with E-state index in [1.807, 2.05) is 49.4 Å². The van der Waals surface area contributed by atoms with Gasteiger partial charge in [-0.3, -0.25) is 4.79 Å². The molecule has 0 bridgehead atoms. The maximum absolute atomic E-state index is 12.8. The van der Waals surface area contributed by atoms with Gasteiger partial charge in [0.1, 0.15) is 10.7 Å². The largest absolute Gasteiger partial charge is 0.497 e. The molecule has 0 unspecified atom stereocenters. The lowest BCUT2D eigenvalue weighted by molar-refractivity contribution is 0.103. The number of methoxy groups -OCH3 is 1. The van der Waals surface area contributed by atoms with Crippen molar-refractivity contribution in [3.8, 4) is 5.75 Å². The maximum atomic E-state index is 12.8. The van der Waals surface area contributed by atoms with Gasteiger partial charge in [-0.2, -0.15) is 0 Å². The van der Waals surface area contributed by atoms with Gasteiger partial charge in [0, 0.05) is 24.0 Å². The van der Waals surface area contributed by atoms with E-state index in [0.29, 0.717) is 16.1 Å². The number of ketones is 1. The van der Waals surface area contributed by atoms with Gasteiger partial charge in [-0.05, 0) is 31.2 Å². The van der Waals surface area contributed by atoms with Gasteiger partial charge >= 0.3 is 0 Å². The number of rotatable bonds is 6. The van der Waals surface area contributed by atoms with Crippen LogP contribution < -0.4 is 15.4 Å². The standard InChI is InChI=1S/C19H20N2O2S/c1-13(20-2)17(18(22)14-7-5-4-6-8-14)19(24)21-15-9-11-16(23-3)12-10-15/h4-12,20H,1-3H3,(H,21,24). The molecule has 0 aliphatic heterocycles. The van der Waals surface area contributed by atoms with E-state index in [1.165, 1.54) is 0 Å². The molecule has 0 saturated heterocycles. The minimum Gasteiger partial charge on any atom is -0.497 e. The number of ether oxygens (including phenoxy) is 1. The minimum absolute atomic E-state index is 0.117. The van der Waals surface area contributed by atoms with Crippen LogP contribution in [0.25, 0.3) is 0 Å². The van der Waals surface area contributed by atoms with E-state index in [1.54, 1.807) is 26.3 Å². The average molecular weight is 340 g/mol. The molecule has 0 spiro atoms. The highest BCUT2D eigenvalue weighted by molar-refractivity contribution is 7.81. The summed E-state index contributed by atoms with van der Waals surface area (Å²) in [7, 11) is 3.38. The second kappa shape index (κ2) is 8.26. The maximum Gasteiger partial charge on any atom is 0.197 e. The number of thiocarbonyl (C=S) groups is 1. The monoisotopic (exact) mass is 340 g/mol. The molecule has 0 aromatic heterocycles. The van der Waals surface area contributed by atoms with Gasteiger partial charge in [-0.15, -0.1) is 0 Å². The number of carbonyl (C=O) groups is 1. The van der Waals surface area contributed by atoms with Crippen LogP contribution in [0.4, 0.5) is 5.69 Å². The molecular weight excluding hydrogens is 320 g/mol. The topological polar surface area (TPSA) is 50.4 Å². The number of allylic oxidation sites excluding steroid dienone is 1. The van der Waals surface area contributed by atoms with Crippen LogP contribution in [0.5, 0.6) is 5.75 Å². The SMILES string of the molecule is CNC(C)=C(C(=O)c1ccccc1)C(=S)Nc1ccc(OC)cc1. The number of hydrogen-bond donors (Lipinski definition) is 2. The number of benzene rings is 2. The van der Waals surface area contributed by atoms with E-state index in [4.69, 9.17) is 17.0 Å². The van der Waals surface area contributed by atoms with Gasteiger partial charge in [-0.25, -0.2) is 0 Å². The third kappa shape index (κ3) is 4.20. The van der Waals surface area contributed by atoms with Crippen molar-refractivity contribution in [3.63, 3.8) is 0 Å². The Labute approximate surface area is 147 Å². The Morgan fingerprint density at radius 3 is 2.21 bits per heavy atom. The van der Waals surface area contributed by atoms with Gasteiger partial charge < -0.3 is 15.4 Å². The zero-order valence-electron chi connectivity index (χ0n) is 13.9. The smallest absolute Gasteiger partial charge is 0.197 e. The number of hydrogen-bond acceptors (Lipinski definition) is 4. The van der Waals surface area contributed by atoms with Gasteiger partial charge in [0.2, 0.25) is 0 Å². The van der Waals surface area contributed by atoms with Crippen molar-refractivity contribution in [3.05, 3.63) is 71.4 Å². The van der Waals surface area contributed by atoms with Gasteiger partial charge in [0.05, 0.1) is 12.7 Å². The first-order chi connectivity index (χ1) is 11.6. The minimum atomic E-state index is -0.117. The molecule has 2 aromatic carbocycles. The molecule has 0 fully saturated rings. The zero-order chi connectivity index (χ0) is 17.5. The van der Waals surface area contributed by atoms with Gasteiger partial charge in [-0.1, -0.05) is 42.5 Å². The lowest BCUT2D eigenvalue weighted by Crippen LogP contribution is -2.23. The molecule has 124 valence electrons. The summed E-state index contributed by atoms with van der Waals surface area (Å²) in [6.07, 6.45) is 0. The Balaban J connectivity index is 2.28. The first-order valence-corrected chi connectivity index (χ1v) is 7.91. The van der Waals surface area contributed by atoms with Crippen molar-refractivity contribution in [2.24, 2.45) is 0 Å². The highest BCUT2D eigenvalue weighted by atomic mass is 32.1. The van der Waals surface area contributed by atoms with Crippen molar-refractivity contribution in [1.82, 2.24) is 5.32 Å². The Bertz CT molecular complexity index is 753. The quantitative estimate of drug-likeness (QED) is 0.476. The van der Waals surface area contributed by atoms with Crippen molar-refractivity contribution >= 4 is 28.7 Å². The van der Waals surface area contributed by atoms with Crippen LogP contribution in [0.2, 0.25) is 0 Å². The molecular formula is C19H20N2O2S. The first-order valence-electron chi connectivity index (χ1n) is 7.50.